The van der Waals surface area contributed by atoms with E-state index < -0.39 is 29.9 Å². The Hall–Kier alpha value is -2.62. The van der Waals surface area contributed by atoms with Gasteiger partial charge in [0, 0.05) is 0 Å². The van der Waals surface area contributed by atoms with E-state index in [9.17, 15) is 27.5 Å². The van der Waals surface area contributed by atoms with Crippen LogP contribution in [0.3, 0.4) is 0 Å². The molecule has 0 unspecified atom stereocenters. The summed E-state index contributed by atoms with van der Waals surface area (Å²) in [7, 11) is 0. The standard InChI is InChI=1S/C16H14F4N2O4/c17-11-5-22(6-13(11)23)15(24)12-7-26-14(21-12)8-25-10-3-1-9(2-4-10)16(18,19)20/h1-4,7,11,13,23H,5-6,8H2/t11-,13-/m1/s1. The minimum absolute atomic E-state index is 0.0322. The molecular weight excluding hydrogens is 360 g/mol. The van der Waals surface area contributed by atoms with Crippen molar-refractivity contribution in [2.24, 2.45) is 0 Å². The second-order valence-corrected chi connectivity index (χ2v) is 5.73. The van der Waals surface area contributed by atoms with Gasteiger partial charge in [-0.15, -0.1) is 0 Å². The lowest BCUT2D eigenvalue weighted by molar-refractivity contribution is -0.137. The molecule has 0 aliphatic carbocycles. The van der Waals surface area contributed by atoms with Crippen molar-refractivity contribution in [3.63, 3.8) is 0 Å². The molecule has 1 amide bonds. The van der Waals surface area contributed by atoms with Crippen LogP contribution in [0.15, 0.2) is 34.9 Å². The predicted molar refractivity (Wildman–Crippen MR) is 79.1 cm³/mol. The number of benzene rings is 1. The zero-order valence-electron chi connectivity index (χ0n) is 13.2. The topological polar surface area (TPSA) is 75.8 Å². The molecule has 1 fully saturated rings. The van der Waals surface area contributed by atoms with Gasteiger partial charge in [0.1, 0.15) is 24.3 Å². The molecule has 1 aromatic heterocycles. The van der Waals surface area contributed by atoms with Crippen molar-refractivity contribution < 1.29 is 36.6 Å². The van der Waals surface area contributed by atoms with E-state index in [1.165, 1.54) is 0 Å². The van der Waals surface area contributed by atoms with Crippen molar-refractivity contribution in [1.29, 1.82) is 0 Å². The number of aromatic nitrogens is 1. The minimum Gasteiger partial charge on any atom is -0.484 e. The highest BCUT2D eigenvalue weighted by Crippen LogP contribution is 2.30. The molecule has 0 saturated carbocycles. The smallest absolute Gasteiger partial charge is 0.416 e. The number of carbonyl (C=O) groups excluding carboxylic acids is 1. The fourth-order valence-electron chi connectivity index (χ4n) is 2.44. The molecule has 140 valence electrons. The largest absolute Gasteiger partial charge is 0.484 e. The van der Waals surface area contributed by atoms with Crippen molar-refractivity contribution >= 4 is 5.91 Å². The summed E-state index contributed by atoms with van der Waals surface area (Å²) in [5, 5.41) is 9.35. The van der Waals surface area contributed by atoms with Crippen LogP contribution in [0.25, 0.3) is 0 Å². The Balaban J connectivity index is 1.58. The number of alkyl halides is 4. The summed E-state index contributed by atoms with van der Waals surface area (Å²) in [4.78, 5) is 17.2. The SMILES string of the molecule is O=C(c1coc(COc2ccc(C(F)(F)F)cc2)n1)N1C[C@@H](O)[C@H](F)C1. The molecular formula is C16H14F4N2O4. The first-order chi connectivity index (χ1) is 12.2. The third kappa shape index (κ3) is 3.96. The number of carbonyl (C=O) groups is 1. The number of aliphatic hydroxyl groups is 1. The van der Waals surface area contributed by atoms with E-state index in [-0.39, 0.29) is 37.0 Å². The van der Waals surface area contributed by atoms with Gasteiger partial charge in [0.25, 0.3) is 5.91 Å². The summed E-state index contributed by atoms with van der Waals surface area (Å²) in [6.45, 7) is -0.568. The average Bonchev–Trinajstić information content (AvgIpc) is 3.19. The van der Waals surface area contributed by atoms with Crippen molar-refractivity contribution in [3.05, 3.63) is 47.7 Å². The highest BCUT2D eigenvalue weighted by atomic mass is 19.4. The monoisotopic (exact) mass is 374 g/mol. The van der Waals surface area contributed by atoms with Crippen LogP contribution >= 0.6 is 0 Å². The molecule has 1 aliphatic rings. The number of oxazole rings is 1. The fourth-order valence-corrected chi connectivity index (χ4v) is 2.44. The third-order valence-electron chi connectivity index (χ3n) is 3.82. The first-order valence-corrected chi connectivity index (χ1v) is 7.60. The molecule has 6 nitrogen and oxygen atoms in total. The van der Waals surface area contributed by atoms with Crippen molar-refractivity contribution in [3.8, 4) is 5.75 Å². The second-order valence-electron chi connectivity index (χ2n) is 5.73. The maximum atomic E-state index is 13.3. The van der Waals surface area contributed by atoms with Gasteiger partial charge in [-0.1, -0.05) is 0 Å². The van der Waals surface area contributed by atoms with E-state index in [0.29, 0.717) is 0 Å². The number of rotatable bonds is 4. The molecule has 2 aromatic rings. The summed E-state index contributed by atoms with van der Waals surface area (Å²) in [6.07, 6.45) is -6.09. The van der Waals surface area contributed by atoms with Crippen molar-refractivity contribution in [1.82, 2.24) is 9.88 Å². The maximum Gasteiger partial charge on any atom is 0.416 e. The van der Waals surface area contributed by atoms with E-state index in [1.807, 2.05) is 0 Å². The van der Waals surface area contributed by atoms with Gasteiger partial charge in [0.2, 0.25) is 5.89 Å². The van der Waals surface area contributed by atoms with E-state index in [0.717, 1.165) is 35.4 Å². The van der Waals surface area contributed by atoms with Crippen LogP contribution in [0, 0.1) is 0 Å². The minimum atomic E-state index is -4.43. The van der Waals surface area contributed by atoms with E-state index in [2.05, 4.69) is 4.98 Å². The van der Waals surface area contributed by atoms with Crippen LogP contribution in [0.4, 0.5) is 17.6 Å². The van der Waals surface area contributed by atoms with Crippen LogP contribution < -0.4 is 4.74 Å². The Morgan fingerprint density at radius 3 is 2.58 bits per heavy atom. The predicted octanol–water partition coefficient (Wildman–Crippen LogP) is 2.43. The van der Waals surface area contributed by atoms with Crippen LogP contribution in [-0.2, 0) is 12.8 Å². The number of nitrogens with zero attached hydrogens (tertiary/aromatic N) is 2. The molecule has 1 saturated heterocycles. The molecule has 1 aliphatic heterocycles. The number of halogens is 4. The van der Waals surface area contributed by atoms with Crippen molar-refractivity contribution in [2.75, 3.05) is 13.1 Å². The molecule has 1 N–H and O–H groups in total. The maximum absolute atomic E-state index is 13.3. The summed E-state index contributed by atoms with van der Waals surface area (Å²) in [5.74, 6) is -0.384. The van der Waals surface area contributed by atoms with Gasteiger partial charge in [-0.25, -0.2) is 9.37 Å². The number of hydrogen-bond acceptors (Lipinski definition) is 5. The molecule has 3 rings (SSSR count). The van der Waals surface area contributed by atoms with Gasteiger partial charge in [-0.2, -0.15) is 13.2 Å². The zero-order valence-corrected chi connectivity index (χ0v) is 13.2. The van der Waals surface area contributed by atoms with Gasteiger partial charge in [0.15, 0.2) is 12.3 Å². The van der Waals surface area contributed by atoms with E-state index in [4.69, 9.17) is 9.15 Å². The molecule has 26 heavy (non-hydrogen) atoms. The number of β-amino-alcohol motifs (C(OH)–C–C–N with tert-alkyl or cyclic N) is 1. The first kappa shape index (κ1) is 18.2. The van der Waals surface area contributed by atoms with Crippen LogP contribution in [0.2, 0.25) is 0 Å². The molecule has 0 radical (unpaired) electrons. The highest BCUT2D eigenvalue weighted by Gasteiger charge is 2.35. The number of hydrogen-bond donors (Lipinski definition) is 1. The van der Waals surface area contributed by atoms with Crippen LogP contribution in [-0.4, -0.2) is 46.3 Å². The van der Waals surface area contributed by atoms with Gasteiger partial charge >= 0.3 is 6.18 Å². The zero-order chi connectivity index (χ0) is 18.9. The van der Waals surface area contributed by atoms with Gasteiger partial charge < -0.3 is 19.2 Å². The number of amides is 1. The summed E-state index contributed by atoms with van der Waals surface area (Å²) < 4.78 is 61.1. The van der Waals surface area contributed by atoms with Gasteiger partial charge in [0.05, 0.1) is 18.7 Å². The summed E-state index contributed by atoms with van der Waals surface area (Å²) in [6, 6.07) is 4.08. The Kier molecular flexibility index (Phi) is 4.86. The Morgan fingerprint density at radius 2 is 2.00 bits per heavy atom. The molecule has 10 heteroatoms. The van der Waals surface area contributed by atoms with Gasteiger partial charge in [-0.3, -0.25) is 4.79 Å². The molecule has 2 atom stereocenters. The molecule has 2 heterocycles. The first-order valence-electron chi connectivity index (χ1n) is 7.60. The normalized spacial score (nSPS) is 20.4. The quantitative estimate of drug-likeness (QED) is 0.832. The lowest BCUT2D eigenvalue weighted by Crippen LogP contribution is -2.29. The highest BCUT2D eigenvalue weighted by molar-refractivity contribution is 5.92. The fraction of sp³-hybridized carbons (Fsp3) is 0.375. The Labute approximate surface area is 145 Å². The van der Waals surface area contributed by atoms with Crippen molar-refractivity contribution in [2.45, 2.75) is 25.1 Å². The van der Waals surface area contributed by atoms with E-state index >= 15 is 0 Å². The molecule has 0 bridgehead atoms. The second kappa shape index (κ2) is 6.94. The number of ether oxygens (including phenoxy) is 1. The number of likely N-dealkylation sites (tertiary alicyclic amines) is 1. The van der Waals surface area contributed by atoms with Crippen LogP contribution in [0.1, 0.15) is 21.9 Å². The lowest BCUT2D eigenvalue weighted by atomic mass is 10.2. The van der Waals surface area contributed by atoms with E-state index in [1.54, 1.807) is 0 Å². The summed E-state index contributed by atoms with van der Waals surface area (Å²) >= 11 is 0. The Morgan fingerprint density at radius 1 is 1.31 bits per heavy atom. The third-order valence-corrected chi connectivity index (χ3v) is 3.82. The Bertz CT molecular complexity index is 765. The molecule has 1 aromatic carbocycles. The van der Waals surface area contributed by atoms with Crippen LogP contribution in [0.5, 0.6) is 5.75 Å². The van der Waals surface area contributed by atoms with Gasteiger partial charge in [-0.05, 0) is 24.3 Å². The molecule has 0 spiro atoms. The average molecular weight is 374 g/mol. The lowest BCUT2D eigenvalue weighted by Gasteiger charge is -2.12. The number of aliphatic hydroxyl groups excluding tert-OH is 1. The summed E-state index contributed by atoms with van der Waals surface area (Å²) in [5.41, 5.74) is -0.870.